The van der Waals surface area contributed by atoms with Crippen molar-refractivity contribution in [1.29, 1.82) is 0 Å². The van der Waals surface area contributed by atoms with E-state index in [4.69, 9.17) is 4.42 Å². The van der Waals surface area contributed by atoms with E-state index < -0.39 is 0 Å². The lowest BCUT2D eigenvalue weighted by molar-refractivity contribution is -0.116. The Balaban J connectivity index is 1.34. The van der Waals surface area contributed by atoms with Gasteiger partial charge in [0.05, 0.1) is 11.8 Å². The zero-order chi connectivity index (χ0) is 21.6. The molecule has 7 heteroatoms. The number of hydrogen-bond acceptors (Lipinski definition) is 5. The molecule has 1 fully saturated rings. The number of halogens is 1. The minimum atomic E-state index is -0.360. The average Bonchev–Trinajstić information content (AvgIpc) is 3.25. The first kappa shape index (κ1) is 21.6. The van der Waals surface area contributed by atoms with Gasteiger partial charge in [0.2, 0.25) is 5.91 Å². The first-order chi connectivity index (χ1) is 15.1. The Morgan fingerprint density at radius 2 is 2.00 bits per heavy atom. The summed E-state index contributed by atoms with van der Waals surface area (Å²) in [5.74, 6) is 2.68. The van der Waals surface area contributed by atoms with Gasteiger partial charge in [0, 0.05) is 49.7 Å². The standard InChI is InChI=1S/C24H26FN3O2S/c1-17-18(16-28-11-13-31-14-12-28)5-4-8-21(17)27-23(29)9-10-24-26-15-22(30-24)19-6-2-3-7-20(19)25/h2-8,15H,9-14,16H2,1H3,(H,27,29). The number of hydrogen-bond donors (Lipinski definition) is 1. The predicted molar refractivity (Wildman–Crippen MR) is 123 cm³/mol. The number of amides is 1. The van der Waals surface area contributed by atoms with Crippen molar-refractivity contribution in [3.8, 4) is 11.3 Å². The summed E-state index contributed by atoms with van der Waals surface area (Å²) in [4.78, 5) is 19.2. The van der Waals surface area contributed by atoms with Crippen molar-refractivity contribution in [3.05, 3.63) is 71.5 Å². The molecule has 5 nitrogen and oxygen atoms in total. The summed E-state index contributed by atoms with van der Waals surface area (Å²) < 4.78 is 19.5. The van der Waals surface area contributed by atoms with Gasteiger partial charge in [-0.15, -0.1) is 0 Å². The first-order valence-electron chi connectivity index (χ1n) is 10.5. The number of carbonyl (C=O) groups is 1. The third kappa shape index (κ3) is 5.54. The zero-order valence-corrected chi connectivity index (χ0v) is 18.4. The Hall–Kier alpha value is -2.64. The molecule has 3 aromatic rings. The highest BCUT2D eigenvalue weighted by Gasteiger charge is 2.15. The second-order valence-electron chi connectivity index (χ2n) is 7.62. The predicted octanol–water partition coefficient (Wildman–Crippen LogP) is 4.91. The van der Waals surface area contributed by atoms with Crippen molar-refractivity contribution in [2.24, 2.45) is 0 Å². The highest BCUT2D eigenvalue weighted by atomic mass is 32.2. The smallest absolute Gasteiger partial charge is 0.224 e. The van der Waals surface area contributed by atoms with Gasteiger partial charge in [-0.2, -0.15) is 11.8 Å². The van der Waals surface area contributed by atoms with E-state index in [9.17, 15) is 9.18 Å². The molecule has 1 aliphatic rings. The molecule has 162 valence electrons. The Kier molecular flexibility index (Phi) is 7.04. The van der Waals surface area contributed by atoms with E-state index in [1.54, 1.807) is 18.2 Å². The fraction of sp³-hybridized carbons (Fsp3) is 0.333. The van der Waals surface area contributed by atoms with Gasteiger partial charge in [-0.3, -0.25) is 9.69 Å². The van der Waals surface area contributed by atoms with Gasteiger partial charge >= 0.3 is 0 Å². The van der Waals surface area contributed by atoms with Gasteiger partial charge in [0.15, 0.2) is 11.7 Å². The largest absolute Gasteiger partial charge is 0.441 e. The molecule has 1 aromatic heterocycles. The molecule has 1 N–H and O–H groups in total. The van der Waals surface area contributed by atoms with Crippen LogP contribution >= 0.6 is 11.8 Å². The lowest BCUT2D eigenvalue weighted by Crippen LogP contribution is -2.32. The van der Waals surface area contributed by atoms with Crippen LogP contribution in [0.15, 0.2) is 53.1 Å². The van der Waals surface area contributed by atoms with Gasteiger partial charge in [0.1, 0.15) is 5.82 Å². The topological polar surface area (TPSA) is 58.4 Å². The van der Waals surface area contributed by atoms with Crippen LogP contribution in [0.25, 0.3) is 11.3 Å². The number of benzene rings is 2. The van der Waals surface area contributed by atoms with Gasteiger partial charge < -0.3 is 9.73 Å². The van der Waals surface area contributed by atoms with Crippen LogP contribution in [0, 0.1) is 12.7 Å². The highest BCUT2D eigenvalue weighted by molar-refractivity contribution is 7.99. The van der Waals surface area contributed by atoms with E-state index in [1.165, 1.54) is 29.3 Å². The molecule has 0 spiro atoms. The molecular weight excluding hydrogens is 413 g/mol. The van der Waals surface area contributed by atoms with Crippen molar-refractivity contribution < 1.29 is 13.6 Å². The molecule has 0 unspecified atom stereocenters. The number of thioether (sulfide) groups is 1. The summed E-state index contributed by atoms with van der Waals surface area (Å²) in [7, 11) is 0. The molecule has 0 radical (unpaired) electrons. The Bertz CT molecular complexity index is 1050. The number of oxazole rings is 1. The number of carbonyl (C=O) groups excluding carboxylic acids is 1. The Labute approximate surface area is 186 Å². The van der Waals surface area contributed by atoms with Gasteiger partial charge in [0.25, 0.3) is 0 Å². The minimum Gasteiger partial charge on any atom is -0.441 e. The SMILES string of the molecule is Cc1c(CN2CCSCC2)cccc1NC(=O)CCc1ncc(-c2ccccc2F)o1. The van der Waals surface area contributed by atoms with Crippen LogP contribution in [0.5, 0.6) is 0 Å². The fourth-order valence-electron chi connectivity index (χ4n) is 3.63. The van der Waals surface area contributed by atoms with Crippen LogP contribution in [0.2, 0.25) is 0 Å². The van der Waals surface area contributed by atoms with Crippen LogP contribution in [-0.2, 0) is 17.8 Å². The summed E-state index contributed by atoms with van der Waals surface area (Å²) in [5.41, 5.74) is 3.55. The van der Waals surface area contributed by atoms with E-state index in [1.807, 2.05) is 23.9 Å². The molecule has 31 heavy (non-hydrogen) atoms. The molecule has 1 saturated heterocycles. The zero-order valence-electron chi connectivity index (χ0n) is 17.6. The summed E-state index contributed by atoms with van der Waals surface area (Å²) in [5, 5.41) is 3.01. The van der Waals surface area contributed by atoms with E-state index >= 15 is 0 Å². The van der Waals surface area contributed by atoms with E-state index in [-0.39, 0.29) is 18.1 Å². The summed E-state index contributed by atoms with van der Waals surface area (Å²) in [6, 6.07) is 12.5. The van der Waals surface area contributed by atoms with Gasteiger partial charge in [-0.25, -0.2) is 9.37 Å². The molecule has 0 atom stereocenters. The molecule has 0 saturated carbocycles. The number of nitrogens with zero attached hydrogens (tertiary/aromatic N) is 2. The highest BCUT2D eigenvalue weighted by Crippen LogP contribution is 2.24. The number of nitrogens with one attached hydrogen (secondary N) is 1. The summed E-state index contributed by atoms with van der Waals surface area (Å²) >= 11 is 2.00. The summed E-state index contributed by atoms with van der Waals surface area (Å²) in [6.45, 7) is 5.17. The molecule has 1 aliphatic heterocycles. The third-order valence-corrected chi connectivity index (χ3v) is 6.42. The number of anilines is 1. The molecular formula is C24H26FN3O2S. The van der Waals surface area contributed by atoms with Crippen molar-refractivity contribution in [2.45, 2.75) is 26.3 Å². The second kappa shape index (κ2) is 10.1. The molecule has 0 bridgehead atoms. The molecule has 0 aliphatic carbocycles. The van der Waals surface area contributed by atoms with Crippen LogP contribution in [-0.4, -0.2) is 40.4 Å². The number of aromatic nitrogens is 1. The van der Waals surface area contributed by atoms with Crippen molar-refractivity contribution in [2.75, 3.05) is 29.9 Å². The average molecular weight is 440 g/mol. The van der Waals surface area contributed by atoms with E-state index in [0.29, 0.717) is 23.6 Å². The molecule has 4 rings (SSSR count). The monoisotopic (exact) mass is 439 g/mol. The first-order valence-corrected chi connectivity index (χ1v) is 11.6. The van der Waals surface area contributed by atoms with Crippen molar-refractivity contribution >= 4 is 23.4 Å². The Morgan fingerprint density at radius 1 is 1.19 bits per heavy atom. The van der Waals surface area contributed by atoms with Crippen LogP contribution in [0.1, 0.15) is 23.4 Å². The van der Waals surface area contributed by atoms with Gasteiger partial charge in [-0.05, 0) is 36.2 Å². The minimum absolute atomic E-state index is 0.0970. The number of rotatable bonds is 7. The molecule has 2 aromatic carbocycles. The van der Waals surface area contributed by atoms with Crippen LogP contribution < -0.4 is 5.32 Å². The van der Waals surface area contributed by atoms with Crippen LogP contribution in [0.3, 0.4) is 0 Å². The van der Waals surface area contributed by atoms with E-state index in [2.05, 4.69) is 28.2 Å². The maximum Gasteiger partial charge on any atom is 0.224 e. The third-order valence-electron chi connectivity index (χ3n) is 5.48. The second-order valence-corrected chi connectivity index (χ2v) is 8.85. The lowest BCUT2D eigenvalue weighted by Gasteiger charge is -2.27. The van der Waals surface area contributed by atoms with Crippen LogP contribution in [0.4, 0.5) is 10.1 Å². The lowest BCUT2D eigenvalue weighted by atomic mass is 10.1. The quantitative estimate of drug-likeness (QED) is 0.567. The number of aryl methyl sites for hydroxylation is 1. The maximum atomic E-state index is 13.9. The van der Waals surface area contributed by atoms with E-state index in [0.717, 1.165) is 30.9 Å². The normalized spacial score (nSPS) is 14.5. The van der Waals surface area contributed by atoms with Crippen molar-refractivity contribution in [3.63, 3.8) is 0 Å². The molecule has 1 amide bonds. The van der Waals surface area contributed by atoms with Gasteiger partial charge in [-0.1, -0.05) is 24.3 Å². The molecule has 2 heterocycles. The summed E-state index contributed by atoms with van der Waals surface area (Å²) in [6.07, 6.45) is 2.09. The fourth-order valence-corrected chi connectivity index (χ4v) is 4.61. The maximum absolute atomic E-state index is 13.9. The Morgan fingerprint density at radius 3 is 2.81 bits per heavy atom. The van der Waals surface area contributed by atoms with Crippen molar-refractivity contribution in [1.82, 2.24) is 9.88 Å².